The average molecular weight is 196 g/mol. The summed E-state index contributed by atoms with van der Waals surface area (Å²) in [5.41, 5.74) is 0.547. The second-order valence-electron chi connectivity index (χ2n) is 2.23. The van der Waals surface area contributed by atoms with Crippen LogP contribution in [0, 0.1) is 11.8 Å². The molecule has 0 aliphatic heterocycles. The van der Waals surface area contributed by atoms with Gasteiger partial charge < -0.3 is 5.11 Å². The molecule has 0 radical (unpaired) electrons. The van der Waals surface area contributed by atoms with Crippen LogP contribution < -0.4 is 0 Å². The van der Waals surface area contributed by atoms with Gasteiger partial charge in [0.1, 0.15) is 6.42 Å². The van der Waals surface area contributed by atoms with Gasteiger partial charge in [-0.15, -0.1) is 0 Å². The van der Waals surface area contributed by atoms with Gasteiger partial charge in [-0.3, -0.25) is 9.78 Å². The smallest absolute Gasteiger partial charge is 0.315 e. The molecule has 1 rings (SSSR count). The first kappa shape index (κ1) is 9.56. The predicted octanol–water partition coefficient (Wildman–Crippen LogP) is 1.56. The Balaban J connectivity index is 2.77. The lowest BCUT2D eigenvalue weighted by Crippen LogP contribution is -1.90. The van der Waals surface area contributed by atoms with Crippen LogP contribution in [0.3, 0.4) is 0 Å². The normalized spacial score (nSPS) is 8.69. The summed E-state index contributed by atoms with van der Waals surface area (Å²) in [6.45, 7) is 0. The molecule has 0 unspecified atom stereocenters. The maximum Gasteiger partial charge on any atom is 0.315 e. The van der Waals surface area contributed by atoms with E-state index in [-0.39, 0.29) is 6.42 Å². The third kappa shape index (κ3) is 3.14. The maximum absolute atomic E-state index is 10.1. The quantitative estimate of drug-likeness (QED) is 0.692. The first-order valence-electron chi connectivity index (χ1n) is 3.50. The lowest BCUT2D eigenvalue weighted by Gasteiger charge is -1.91. The van der Waals surface area contributed by atoms with Gasteiger partial charge >= 0.3 is 5.97 Å². The minimum atomic E-state index is -0.951. The van der Waals surface area contributed by atoms with Gasteiger partial charge in [0.15, 0.2) is 0 Å². The molecule has 0 atom stereocenters. The molecule has 1 heterocycles. The third-order valence-corrected chi connectivity index (χ3v) is 1.56. The number of carboxylic acid groups (broad SMARTS) is 1. The second kappa shape index (κ2) is 4.48. The number of nitrogens with zero attached hydrogens (tertiary/aromatic N) is 1. The van der Waals surface area contributed by atoms with E-state index in [0.29, 0.717) is 10.6 Å². The predicted molar refractivity (Wildman–Crippen MR) is 48.4 cm³/mol. The summed E-state index contributed by atoms with van der Waals surface area (Å²) in [5.74, 6) is 4.14. The number of hydrogen-bond donors (Lipinski definition) is 1. The fraction of sp³-hybridized carbons (Fsp3) is 0.111. The fourth-order valence-corrected chi connectivity index (χ4v) is 0.837. The van der Waals surface area contributed by atoms with Crippen molar-refractivity contribution < 1.29 is 9.90 Å². The Morgan fingerprint density at radius 1 is 1.69 bits per heavy atom. The molecule has 1 aromatic heterocycles. The molecule has 1 N–H and O–H groups in total. The van der Waals surface area contributed by atoms with E-state index in [1.807, 2.05) is 0 Å². The zero-order chi connectivity index (χ0) is 9.68. The number of carbonyl (C=O) groups is 1. The largest absolute Gasteiger partial charge is 0.481 e. The van der Waals surface area contributed by atoms with Crippen LogP contribution in [0.4, 0.5) is 0 Å². The molecule has 0 saturated heterocycles. The van der Waals surface area contributed by atoms with Crippen molar-refractivity contribution in [2.75, 3.05) is 0 Å². The van der Waals surface area contributed by atoms with Crippen LogP contribution in [0.5, 0.6) is 0 Å². The zero-order valence-electron chi connectivity index (χ0n) is 6.62. The maximum atomic E-state index is 10.1. The van der Waals surface area contributed by atoms with Gasteiger partial charge in [-0.05, 0) is 6.07 Å². The van der Waals surface area contributed by atoms with Crippen molar-refractivity contribution in [2.24, 2.45) is 0 Å². The van der Waals surface area contributed by atoms with Crippen molar-refractivity contribution in [3.63, 3.8) is 0 Å². The first-order chi connectivity index (χ1) is 6.20. The minimum Gasteiger partial charge on any atom is -0.481 e. The minimum absolute atomic E-state index is 0.189. The lowest BCUT2D eigenvalue weighted by molar-refractivity contribution is -0.135. The number of aromatic nitrogens is 1. The van der Waals surface area contributed by atoms with Gasteiger partial charge in [0, 0.05) is 12.4 Å². The molecule has 0 saturated carbocycles. The average Bonchev–Trinajstić information content (AvgIpc) is 2.08. The molecule has 66 valence electrons. The summed E-state index contributed by atoms with van der Waals surface area (Å²) in [4.78, 5) is 13.9. The summed E-state index contributed by atoms with van der Waals surface area (Å²) in [6.07, 6.45) is 2.85. The van der Waals surface area contributed by atoms with E-state index in [2.05, 4.69) is 16.8 Å². The van der Waals surface area contributed by atoms with E-state index >= 15 is 0 Å². The van der Waals surface area contributed by atoms with E-state index < -0.39 is 5.97 Å². The molecule has 0 aromatic carbocycles. The van der Waals surface area contributed by atoms with Crippen molar-refractivity contribution in [3.8, 4) is 11.8 Å². The van der Waals surface area contributed by atoms with Crippen LogP contribution in [0.1, 0.15) is 12.0 Å². The molecule has 13 heavy (non-hydrogen) atoms. The van der Waals surface area contributed by atoms with Gasteiger partial charge in [-0.25, -0.2) is 0 Å². The van der Waals surface area contributed by atoms with Crippen LogP contribution in [0.2, 0.25) is 5.02 Å². The van der Waals surface area contributed by atoms with Crippen molar-refractivity contribution in [3.05, 3.63) is 29.0 Å². The Labute approximate surface area is 80.4 Å². The molecule has 0 aliphatic carbocycles. The number of aliphatic carboxylic acids is 1. The highest BCUT2D eigenvalue weighted by Crippen LogP contribution is 2.11. The summed E-state index contributed by atoms with van der Waals surface area (Å²) >= 11 is 5.75. The zero-order valence-corrected chi connectivity index (χ0v) is 7.38. The van der Waals surface area contributed by atoms with Gasteiger partial charge in [0.05, 0.1) is 10.6 Å². The standard InChI is InChI=1S/C9H6ClNO2/c10-8-4-5-11-6-7(8)2-1-3-9(12)13/h4-6H,3H2,(H,12,13). The number of carboxylic acids is 1. The molecular formula is C9H6ClNO2. The Hall–Kier alpha value is -1.53. The first-order valence-corrected chi connectivity index (χ1v) is 3.88. The monoisotopic (exact) mass is 195 g/mol. The highest BCUT2D eigenvalue weighted by molar-refractivity contribution is 6.31. The van der Waals surface area contributed by atoms with Gasteiger partial charge in [0.25, 0.3) is 0 Å². The summed E-state index contributed by atoms with van der Waals surface area (Å²) in [5, 5.41) is 8.79. The fourth-order valence-electron chi connectivity index (χ4n) is 0.685. The van der Waals surface area contributed by atoms with Crippen molar-refractivity contribution >= 4 is 17.6 Å². The van der Waals surface area contributed by atoms with Crippen LogP contribution in [-0.4, -0.2) is 16.1 Å². The molecular weight excluding hydrogens is 190 g/mol. The molecule has 0 spiro atoms. The van der Waals surface area contributed by atoms with Crippen LogP contribution in [-0.2, 0) is 4.79 Å². The SMILES string of the molecule is O=C(O)CC#Cc1cnccc1Cl. The summed E-state index contributed by atoms with van der Waals surface area (Å²) in [6, 6.07) is 1.60. The molecule has 1 aromatic rings. The Bertz CT molecular complexity index is 379. The second-order valence-corrected chi connectivity index (χ2v) is 2.64. The van der Waals surface area contributed by atoms with E-state index in [0.717, 1.165) is 0 Å². The van der Waals surface area contributed by atoms with Crippen molar-refractivity contribution in [2.45, 2.75) is 6.42 Å². The molecule has 0 aliphatic rings. The number of halogens is 1. The van der Waals surface area contributed by atoms with Crippen molar-refractivity contribution in [1.29, 1.82) is 0 Å². The topological polar surface area (TPSA) is 50.2 Å². The van der Waals surface area contributed by atoms with Crippen LogP contribution >= 0.6 is 11.6 Å². The molecule has 0 amide bonds. The number of pyridine rings is 1. The van der Waals surface area contributed by atoms with E-state index in [9.17, 15) is 4.79 Å². The van der Waals surface area contributed by atoms with E-state index in [4.69, 9.17) is 16.7 Å². The van der Waals surface area contributed by atoms with E-state index in [1.54, 1.807) is 12.3 Å². The number of rotatable bonds is 1. The van der Waals surface area contributed by atoms with Crippen LogP contribution in [0.25, 0.3) is 0 Å². The third-order valence-electron chi connectivity index (χ3n) is 1.23. The Kier molecular flexibility index (Phi) is 3.30. The molecule has 0 bridgehead atoms. The van der Waals surface area contributed by atoms with Gasteiger partial charge in [0.2, 0.25) is 0 Å². The molecule has 0 fully saturated rings. The van der Waals surface area contributed by atoms with Crippen LogP contribution in [0.15, 0.2) is 18.5 Å². The van der Waals surface area contributed by atoms with Crippen molar-refractivity contribution in [1.82, 2.24) is 4.98 Å². The summed E-state index contributed by atoms with van der Waals surface area (Å²) in [7, 11) is 0. The van der Waals surface area contributed by atoms with Gasteiger partial charge in [-0.1, -0.05) is 23.4 Å². The molecule has 4 heteroatoms. The molecule has 3 nitrogen and oxygen atoms in total. The van der Waals surface area contributed by atoms with E-state index in [1.165, 1.54) is 6.20 Å². The lowest BCUT2D eigenvalue weighted by atomic mass is 10.3. The Morgan fingerprint density at radius 2 is 2.46 bits per heavy atom. The highest BCUT2D eigenvalue weighted by atomic mass is 35.5. The van der Waals surface area contributed by atoms with Gasteiger partial charge in [-0.2, -0.15) is 0 Å². The summed E-state index contributed by atoms with van der Waals surface area (Å²) < 4.78 is 0. The number of hydrogen-bond acceptors (Lipinski definition) is 2. The highest BCUT2D eigenvalue weighted by Gasteiger charge is 1.94. The Morgan fingerprint density at radius 3 is 3.08 bits per heavy atom.